The van der Waals surface area contributed by atoms with Gasteiger partial charge in [0.2, 0.25) is 0 Å². The minimum absolute atomic E-state index is 0.346. The number of rotatable bonds is 3. The Morgan fingerprint density at radius 1 is 0.885 bits per heavy atom. The van der Waals surface area contributed by atoms with E-state index in [0.717, 1.165) is 10.9 Å². The second-order valence-corrected chi connectivity index (χ2v) is 5.97. The second kappa shape index (κ2) is 5.73. The third-order valence-corrected chi connectivity index (χ3v) is 4.33. The molecule has 0 unspecified atom stereocenters. The molecule has 5 aromatic rings. The van der Waals surface area contributed by atoms with E-state index >= 15 is 0 Å². The molecule has 7 heteroatoms. The molecule has 0 bridgehead atoms. The van der Waals surface area contributed by atoms with Gasteiger partial charge in [0.25, 0.3) is 0 Å². The largest absolute Gasteiger partial charge is 0.264 e. The summed E-state index contributed by atoms with van der Waals surface area (Å²) in [5.41, 5.74) is 2.84. The van der Waals surface area contributed by atoms with Gasteiger partial charge in [-0.25, -0.2) is 14.1 Å². The molecule has 0 saturated heterocycles. The van der Waals surface area contributed by atoms with Gasteiger partial charge in [-0.1, -0.05) is 42.5 Å². The number of hydrogen-bond acceptors (Lipinski definition) is 4. The molecule has 2 aromatic carbocycles. The van der Waals surface area contributed by atoms with Crippen molar-refractivity contribution < 1.29 is 4.39 Å². The summed E-state index contributed by atoms with van der Waals surface area (Å²) in [6.07, 6.45) is 3.34. The Bertz CT molecular complexity index is 1220. The number of nitrogens with zero attached hydrogens (tertiary/aromatic N) is 6. The van der Waals surface area contributed by atoms with Gasteiger partial charge in [0, 0.05) is 0 Å². The van der Waals surface area contributed by atoms with Crippen LogP contribution in [0.5, 0.6) is 0 Å². The summed E-state index contributed by atoms with van der Waals surface area (Å²) in [5, 5.41) is 13.6. The summed E-state index contributed by atoms with van der Waals surface area (Å²) in [6, 6.07) is 16.5. The maximum absolute atomic E-state index is 14.1. The number of hydrogen-bond donors (Lipinski definition) is 0. The molecule has 0 aliphatic rings. The van der Waals surface area contributed by atoms with Crippen LogP contribution in [0.3, 0.4) is 0 Å². The zero-order valence-electron chi connectivity index (χ0n) is 13.6. The zero-order valence-corrected chi connectivity index (χ0v) is 13.6. The highest BCUT2D eigenvalue weighted by atomic mass is 19.1. The fraction of sp³-hybridized carbons (Fsp3) is 0.0526. The monoisotopic (exact) mass is 344 g/mol. The van der Waals surface area contributed by atoms with Crippen LogP contribution < -0.4 is 0 Å². The molecule has 0 amide bonds. The highest BCUT2D eigenvalue weighted by Gasteiger charge is 2.16. The third-order valence-electron chi connectivity index (χ3n) is 4.33. The number of fused-ring (bicyclic) bond motifs is 3. The van der Waals surface area contributed by atoms with E-state index < -0.39 is 0 Å². The number of halogens is 1. The second-order valence-electron chi connectivity index (χ2n) is 5.97. The Hall–Kier alpha value is -3.61. The molecule has 6 nitrogen and oxygen atoms in total. The fourth-order valence-corrected chi connectivity index (χ4v) is 3.07. The first-order valence-corrected chi connectivity index (χ1v) is 8.15. The van der Waals surface area contributed by atoms with E-state index in [1.54, 1.807) is 35.1 Å². The maximum Gasteiger partial charge on any atom is 0.175 e. The predicted octanol–water partition coefficient (Wildman–Crippen LogP) is 3.33. The van der Waals surface area contributed by atoms with Crippen LogP contribution in [-0.2, 0) is 6.54 Å². The molecule has 3 heterocycles. The van der Waals surface area contributed by atoms with Crippen LogP contribution in [0.25, 0.3) is 28.1 Å². The molecule has 0 radical (unpaired) electrons. The third kappa shape index (κ3) is 2.25. The smallest absolute Gasteiger partial charge is 0.175 e. The number of aromatic nitrogens is 6. The number of benzene rings is 2. The van der Waals surface area contributed by atoms with Gasteiger partial charge in [-0.3, -0.25) is 4.40 Å². The lowest BCUT2D eigenvalue weighted by atomic mass is 10.2. The van der Waals surface area contributed by atoms with Gasteiger partial charge < -0.3 is 0 Å². The van der Waals surface area contributed by atoms with E-state index in [-0.39, 0.29) is 5.82 Å². The molecule has 0 spiro atoms. The van der Waals surface area contributed by atoms with E-state index in [9.17, 15) is 4.39 Å². The molecule has 26 heavy (non-hydrogen) atoms. The lowest BCUT2D eigenvalue weighted by molar-refractivity contribution is 0.629. The van der Waals surface area contributed by atoms with Gasteiger partial charge in [0.1, 0.15) is 12.1 Å². The normalized spacial score (nSPS) is 11.4. The summed E-state index contributed by atoms with van der Waals surface area (Å²) < 4.78 is 17.6. The van der Waals surface area contributed by atoms with Crippen molar-refractivity contribution in [2.45, 2.75) is 6.54 Å². The van der Waals surface area contributed by atoms with Crippen LogP contribution in [0.4, 0.5) is 4.39 Å². The quantitative estimate of drug-likeness (QED) is 0.504. The van der Waals surface area contributed by atoms with Crippen LogP contribution >= 0.6 is 0 Å². The van der Waals surface area contributed by atoms with E-state index in [2.05, 4.69) is 20.3 Å². The first-order valence-electron chi connectivity index (χ1n) is 8.15. The van der Waals surface area contributed by atoms with Crippen LogP contribution in [-0.4, -0.2) is 29.4 Å². The van der Waals surface area contributed by atoms with Crippen molar-refractivity contribution in [2.24, 2.45) is 0 Å². The summed E-state index contributed by atoms with van der Waals surface area (Å²) in [4.78, 5) is 4.51. The highest BCUT2D eigenvalue weighted by Crippen LogP contribution is 2.24. The fourth-order valence-electron chi connectivity index (χ4n) is 3.07. The standard InChI is InChI=1S/C19H13FN6/c20-16-9-5-4-8-14(16)18-23-24-19-15-10-22-26(17(15)21-12-25(18)19)11-13-6-2-1-3-7-13/h1-10,12H,11H2. The summed E-state index contributed by atoms with van der Waals surface area (Å²) in [6.45, 7) is 0.613. The summed E-state index contributed by atoms with van der Waals surface area (Å²) in [5.74, 6) is 0.0741. The Kier molecular flexibility index (Phi) is 3.24. The van der Waals surface area contributed by atoms with Gasteiger partial charge in [-0.15, -0.1) is 10.2 Å². The van der Waals surface area contributed by atoms with Crippen molar-refractivity contribution in [1.29, 1.82) is 0 Å². The van der Waals surface area contributed by atoms with E-state index in [1.165, 1.54) is 6.07 Å². The maximum atomic E-state index is 14.1. The first kappa shape index (κ1) is 14.7. The molecule has 0 N–H and O–H groups in total. The van der Waals surface area contributed by atoms with Gasteiger partial charge in [0.05, 0.1) is 23.7 Å². The average Bonchev–Trinajstić information content (AvgIpc) is 3.27. The van der Waals surface area contributed by atoms with Crippen molar-refractivity contribution >= 4 is 16.7 Å². The average molecular weight is 344 g/mol. The Balaban J connectivity index is 1.65. The molecular weight excluding hydrogens is 331 g/mol. The molecule has 0 fully saturated rings. The van der Waals surface area contributed by atoms with Gasteiger partial charge in [-0.05, 0) is 17.7 Å². The summed E-state index contributed by atoms with van der Waals surface area (Å²) >= 11 is 0. The molecule has 0 aliphatic carbocycles. The minimum atomic E-state index is -0.346. The van der Waals surface area contributed by atoms with Gasteiger partial charge >= 0.3 is 0 Å². The Morgan fingerprint density at radius 2 is 1.69 bits per heavy atom. The molecule has 0 atom stereocenters. The SMILES string of the molecule is Fc1ccccc1-c1nnc2c3cnn(Cc4ccccc4)c3ncn12. The van der Waals surface area contributed by atoms with Crippen LogP contribution in [0.1, 0.15) is 5.56 Å². The van der Waals surface area contributed by atoms with Crippen molar-refractivity contribution in [3.05, 3.63) is 78.5 Å². The van der Waals surface area contributed by atoms with E-state index in [1.807, 2.05) is 35.0 Å². The highest BCUT2D eigenvalue weighted by molar-refractivity contribution is 5.89. The van der Waals surface area contributed by atoms with Crippen molar-refractivity contribution in [3.63, 3.8) is 0 Å². The van der Waals surface area contributed by atoms with E-state index in [4.69, 9.17) is 0 Å². The molecule has 3 aromatic heterocycles. The van der Waals surface area contributed by atoms with Crippen LogP contribution in [0.2, 0.25) is 0 Å². The van der Waals surface area contributed by atoms with Crippen molar-refractivity contribution in [3.8, 4) is 11.4 Å². The lowest BCUT2D eigenvalue weighted by Gasteiger charge is -2.04. The van der Waals surface area contributed by atoms with Crippen LogP contribution in [0, 0.1) is 5.82 Å². The molecule has 5 rings (SSSR count). The lowest BCUT2D eigenvalue weighted by Crippen LogP contribution is -2.03. The Morgan fingerprint density at radius 3 is 2.54 bits per heavy atom. The van der Waals surface area contributed by atoms with Gasteiger partial charge in [-0.2, -0.15) is 5.10 Å². The summed E-state index contributed by atoms with van der Waals surface area (Å²) in [7, 11) is 0. The van der Waals surface area contributed by atoms with Crippen LogP contribution in [0.15, 0.2) is 67.1 Å². The van der Waals surface area contributed by atoms with E-state index in [0.29, 0.717) is 29.2 Å². The zero-order chi connectivity index (χ0) is 17.5. The molecular formula is C19H13FN6. The topological polar surface area (TPSA) is 60.9 Å². The molecule has 126 valence electrons. The minimum Gasteiger partial charge on any atom is -0.264 e. The van der Waals surface area contributed by atoms with Crippen molar-refractivity contribution in [1.82, 2.24) is 29.4 Å². The molecule has 0 aliphatic heterocycles. The first-order chi connectivity index (χ1) is 12.8. The van der Waals surface area contributed by atoms with Crippen molar-refractivity contribution in [2.75, 3.05) is 0 Å². The Labute approximate surface area is 147 Å². The predicted molar refractivity (Wildman–Crippen MR) is 95.0 cm³/mol. The molecule has 0 saturated carbocycles. The van der Waals surface area contributed by atoms with Gasteiger partial charge in [0.15, 0.2) is 17.1 Å².